The first-order valence-electron chi connectivity index (χ1n) is 6.76. The van der Waals surface area contributed by atoms with E-state index in [4.69, 9.17) is 0 Å². The van der Waals surface area contributed by atoms with Gasteiger partial charge in [0, 0.05) is 17.1 Å². The molecule has 2 aromatic carbocycles. The number of halogens is 1. The van der Waals surface area contributed by atoms with Crippen molar-refractivity contribution in [2.75, 3.05) is 0 Å². The molecule has 0 unspecified atom stereocenters. The minimum absolute atomic E-state index is 0.359. The maximum atomic E-state index is 3.59. The second kappa shape index (κ2) is 6.88. The van der Waals surface area contributed by atoms with E-state index in [0.717, 1.165) is 17.4 Å². The fourth-order valence-electron chi connectivity index (χ4n) is 2.21. The maximum Gasteiger partial charge on any atom is 0.0294 e. The molecule has 1 N–H and O–H groups in total. The summed E-state index contributed by atoms with van der Waals surface area (Å²) in [5.74, 6) is 0. The van der Waals surface area contributed by atoms with Gasteiger partial charge in [0.1, 0.15) is 0 Å². The summed E-state index contributed by atoms with van der Waals surface area (Å²) in [5.41, 5.74) is 4.14. The highest BCUT2D eigenvalue weighted by molar-refractivity contribution is 9.10. The highest BCUT2D eigenvalue weighted by Gasteiger charge is 2.06. The largest absolute Gasteiger partial charge is 0.306 e. The van der Waals surface area contributed by atoms with Crippen molar-refractivity contribution in [2.24, 2.45) is 0 Å². The Kier molecular flexibility index (Phi) is 5.17. The zero-order chi connectivity index (χ0) is 13.7. The molecule has 1 nitrogen and oxygen atoms in total. The Morgan fingerprint density at radius 3 is 2.26 bits per heavy atom. The van der Waals surface area contributed by atoms with E-state index in [2.05, 4.69) is 83.6 Å². The van der Waals surface area contributed by atoms with E-state index in [1.807, 2.05) is 0 Å². The summed E-state index contributed by atoms with van der Waals surface area (Å²) in [6.45, 7) is 5.33. The summed E-state index contributed by atoms with van der Waals surface area (Å²) in [5, 5.41) is 3.59. The van der Waals surface area contributed by atoms with Crippen molar-refractivity contribution in [3.8, 4) is 0 Å². The number of aryl methyl sites for hydroxylation is 1. The average Bonchev–Trinajstić information content (AvgIpc) is 2.45. The molecule has 1 atom stereocenters. The lowest BCUT2D eigenvalue weighted by Crippen LogP contribution is -2.18. The molecule has 19 heavy (non-hydrogen) atoms. The van der Waals surface area contributed by atoms with Gasteiger partial charge in [0.05, 0.1) is 0 Å². The second-order valence-corrected chi connectivity index (χ2v) is 5.69. The Morgan fingerprint density at radius 2 is 1.63 bits per heavy atom. The topological polar surface area (TPSA) is 12.0 Å². The molecule has 2 heteroatoms. The van der Waals surface area contributed by atoms with Gasteiger partial charge >= 0.3 is 0 Å². The van der Waals surface area contributed by atoms with Gasteiger partial charge in [0.25, 0.3) is 0 Å². The molecule has 0 saturated carbocycles. The predicted molar refractivity (Wildman–Crippen MR) is 85.2 cm³/mol. The van der Waals surface area contributed by atoms with Crippen molar-refractivity contribution in [1.29, 1.82) is 0 Å². The van der Waals surface area contributed by atoms with Crippen LogP contribution in [0.2, 0.25) is 0 Å². The Morgan fingerprint density at radius 1 is 1.00 bits per heavy atom. The third-order valence-electron chi connectivity index (χ3n) is 3.47. The highest BCUT2D eigenvalue weighted by Crippen LogP contribution is 2.17. The summed E-state index contributed by atoms with van der Waals surface area (Å²) in [7, 11) is 0. The Labute approximate surface area is 124 Å². The second-order valence-electron chi connectivity index (χ2n) is 4.78. The van der Waals surface area contributed by atoms with E-state index >= 15 is 0 Å². The number of rotatable bonds is 5. The number of hydrogen-bond donors (Lipinski definition) is 1. The van der Waals surface area contributed by atoms with Crippen LogP contribution < -0.4 is 5.32 Å². The molecule has 0 amide bonds. The van der Waals surface area contributed by atoms with Crippen LogP contribution >= 0.6 is 15.9 Å². The molecule has 0 spiro atoms. The smallest absolute Gasteiger partial charge is 0.0294 e. The van der Waals surface area contributed by atoms with Gasteiger partial charge in [-0.25, -0.2) is 0 Å². The van der Waals surface area contributed by atoms with Gasteiger partial charge in [-0.3, -0.25) is 0 Å². The molecule has 0 aliphatic rings. The van der Waals surface area contributed by atoms with E-state index in [-0.39, 0.29) is 0 Å². The molecule has 0 bridgehead atoms. The van der Waals surface area contributed by atoms with Gasteiger partial charge < -0.3 is 5.32 Å². The van der Waals surface area contributed by atoms with Crippen LogP contribution in [0.1, 0.15) is 36.6 Å². The summed E-state index contributed by atoms with van der Waals surface area (Å²) in [4.78, 5) is 0. The number of benzene rings is 2. The molecule has 0 aromatic heterocycles. The van der Waals surface area contributed by atoms with Gasteiger partial charge in [-0.15, -0.1) is 0 Å². The first-order valence-corrected chi connectivity index (χ1v) is 7.55. The van der Waals surface area contributed by atoms with Crippen LogP contribution in [0, 0.1) is 0 Å². The first kappa shape index (κ1) is 14.3. The molecular weight excluding hydrogens is 298 g/mol. The van der Waals surface area contributed by atoms with E-state index in [0.29, 0.717) is 6.04 Å². The van der Waals surface area contributed by atoms with Crippen LogP contribution in [-0.4, -0.2) is 0 Å². The summed E-state index contributed by atoms with van der Waals surface area (Å²) in [6.07, 6.45) is 1.09. The SMILES string of the molecule is CCc1ccccc1CN[C@@H](C)c1ccc(Br)cc1. The lowest BCUT2D eigenvalue weighted by atomic mass is 10.0. The third kappa shape index (κ3) is 3.92. The van der Waals surface area contributed by atoms with Crippen LogP contribution in [0.4, 0.5) is 0 Å². The molecule has 100 valence electrons. The van der Waals surface area contributed by atoms with Crippen molar-refractivity contribution >= 4 is 15.9 Å². The Bertz CT molecular complexity index is 519. The van der Waals surface area contributed by atoms with Gasteiger partial charge in [-0.2, -0.15) is 0 Å². The number of hydrogen-bond acceptors (Lipinski definition) is 1. The summed E-state index contributed by atoms with van der Waals surface area (Å²) in [6, 6.07) is 17.5. The summed E-state index contributed by atoms with van der Waals surface area (Å²) < 4.78 is 1.12. The molecule has 0 radical (unpaired) electrons. The van der Waals surface area contributed by atoms with Crippen LogP contribution in [0.15, 0.2) is 53.0 Å². The molecule has 0 heterocycles. The molecule has 0 aliphatic carbocycles. The normalized spacial score (nSPS) is 12.4. The fourth-order valence-corrected chi connectivity index (χ4v) is 2.47. The minimum Gasteiger partial charge on any atom is -0.306 e. The lowest BCUT2D eigenvalue weighted by molar-refractivity contribution is 0.572. The highest BCUT2D eigenvalue weighted by atomic mass is 79.9. The van der Waals surface area contributed by atoms with Crippen molar-refractivity contribution < 1.29 is 0 Å². The van der Waals surface area contributed by atoms with Crippen molar-refractivity contribution in [3.05, 3.63) is 69.7 Å². The van der Waals surface area contributed by atoms with Crippen LogP contribution in [0.5, 0.6) is 0 Å². The van der Waals surface area contributed by atoms with E-state index in [9.17, 15) is 0 Å². The Hall–Kier alpha value is -1.12. The monoisotopic (exact) mass is 317 g/mol. The first-order chi connectivity index (χ1) is 9.20. The molecule has 2 aromatic rings. The van der Waals surface area contributed by atoms with Gasteiger partial charge in [-0.05, 0) is 42.2 Å². The van der Waals surface area contributed by atoms with E-state index < -0.39 is 0 Å². The lowest BCUT2D eigenvalue weighted by Gasteiger charge is -2.16. The standard InChI is InChI=1S/C17H20BrN/c1-3-14-6-4-5-7-16(14)12-19-13(2)15-8-10-17(18)11-9-15/h4-11,13,19H,3,12H2,1-2H3/t13-/m0/s1. The summed E-state index contributed by atoms with van der Waals surface area (Å²) >= 11 is 3.47. The van der Waals surface area contributed by atoms with Gasteiger partial charge in [0.15, 0.2) is 0 Å². The average molecular weight is 318 g/mol. The molecule has 0 saturated heterocycles. The zero-order valence-corrected chi connectivity index (χ0v) is 13.1. The van der Waals surface area contributed by atoms with E-state index in [1.165, 1.54) is 16.7 Å². The molecule has 0 fully saturated rings. The van der Waals surface area contributed by atoms with E-state index in [1.54, 1.807) is 0 Å². The molecule has 0 aliphatic heterocycles. The zero-order valence-electron chi connectivity index (χ0n) is 11.5. The van der Waals surface area contributed by atoms with Crippen LogP contribution in [0.3, 0.4) is 0 Å². The van der Waals surface area contributed by atoms with Crippen LogP contribution in [-0.2, 0) is 13.0 Å². The van der Waals surface area contributed by atoms with Crippen molar-refractivity contribution in [1.82, 2.24) is 5.32 Å². The molecule has 2 rings (SSSR count). The quantitative estimate of drug-likeness (QED) is 0.830. The molecular formula is C17H20BrN. The van der Waals surface area contributed by atoms with Gasteiger partial charge in [0.2, 0.25) is 0 Å². The Balaban J connectivity index is 2.00. The van der Waals surface area contributed by atoms with Crippen molar-refractivity contribution in [3.63, 3.8) is 0 Å². The fraction of sp³-hybridized carbons (Fsp3) is 0.294. The minimum atomic E-state index is 0.359. The third-order valence-corrected chi connectivity index (χ3v) is 4.00. The number of nitrogens with one attached hydrogen (secondary N) is 1. The van der Waals surface area contributed by atoms with Crippen molar-refractivity contribution in [2.45, 2.75) is 32.9 Å². The van der Waals surface area contributed by atoms with Crippen LogP contribution in [0.25, 0.3) is 0 Å². The maximum absolute atomic E-state index is 3.59. The van der Waals surface area contributed by atoms with Gasteiger partial charge in [-0.1, -0.05) is 59.3 Å². The predicted octanol–water partition coefficient (Wildman–Crippen LogP) is 4.86.